The average Bonchev–Trinajstić information content (AvgIpc) is 3.17. The topological polar surface area (TPSA) is 0 Å². The van der Waals surface area contributed by atoms with Crippen LogP contribution in [0, 0.1) is 6.92 Å². The summed E-state index contributed by atoms with van der Waals surface area (Å²) in [6.07, 6.45) is 1.10. The first kappa shape index (κ1) is 16.6. The highest BCUT2D eigenvalue weighted by molar-refractivity contribution is 7.27. The normalized spacial score (nSPS) is 11.4. The first-order valence-corrected chi connectivity index (χ1v) is 10.6. The Bertz CT molecular complexity index is 1200. The van der Waals surface area contributed by atoms with Gasteiger partial charge in [0.2, 0.25) is 0 Å². The van der Waals surface area contributed by atoms with Crippen molar-refractivity contribution in [2.45, 2.75) is 34.1 Å². The van der Waals surface area contributed by atoms with Crippen molar-refractivity contribution in [3.05, 3.63) is 59.7 Å². The fraction of sp³-hybridized carbons (Fsp3) is 0.217. The molecule has 0 unspecified atom stereocenters. The molecule has 0 saturated heterocycles. The van der Waals surface area contributed by atoms with E-state index in [1.807, 2.05) is 36.5 Å². The summed E-state index contributed by atoms with van der Waals surface area (Å²) in [5, 5.41) is 5.60. The summed E-state index contributed by atoms with van der Waals surface area (Å²) in [4.78, 5) is 0. The monoisotopic (exact) mass is 362 g/mol. The summed E-state index contributed by atoms with van der Waals surface area (Å²) in [7, 11) is 0. The maximum atomic E-state index is 2.40. The van der Waals surface area contributed by atoms with Gasteiger partial charge < -0.3 is 0 Å². The Morgan fingerprint density at radius 1 is 0.640 bits per heavy atom. The lowest BCUT2D eigenvalue weighted by atomic mass is 10.1. The molecule has 2 aromatic heterocycles. The van der Waals surface area contributed by atoms with E-state index in [0.717, 1.165) is 6.42 Å². The second-order valence-electron chi connectivity index (χ2n) is 6.23. The number of fused-ring (bicyclic) bond motifs is 6. The fourth-order valence-corrected chi connectivity index (χ4v) is 5.83. The molecule has 0 atom stereocenters. The van der Waals surface area contributed by atoms with Crippen LogP contribution in [0.4, 0.5) is 0 Å². The molecule has 25 heavy (non-hydrogen) atoms. The lowest BCUT2D eigenvalue weighted by Gasteiger charge is -1.96. The molecule has 0 bridgehead atoms. The molecular weight excluding hydrogens is 340 g/mol. The highest BCUT2D eigenvalue weighted by Crippen LogP contribution is 2.41. The zero-order valence-electron chi connectivity index (χ0n) is 15.1. The smallest absolute Gasteiger partial charge is 0.0362 e. The van der Waals surface area contributed by atoms with Crippen molar-refractivity contribution in [2.24, 2.45) is 0 Å². The predicted molar refractivity (Wildman–Crippen MR) is 118 cm³/mol. The van der Waals surface area contributed by atoms with Crippen LogP contribution in [0.3, 0.4) is 0 Å². The van der Waals surface area contributed by atoms with Crippen molar-refractivity contribution in [1.29, 1.82) is 0 Å². The van der Waals surface area contributed by atoms with Crippen LogP contribution in [0.2, 0.25) is 0 Å². The Kier molecular flexibility index (Phi) is 4.26. The van der Waals surface area contributed by atoms with Crippen molar-refractivity contribution < 1.29 is 0 Å². The summed E-state index contributed by atoms with van der Waals surface area (Å²) < 4.78 is 5.62. The van der Waals surface area contributed by atoms with E-state index in [1.54, 1.807) is 0 Å². The fourth-order valence-electron chi connectivity index (χ4n) is 3.42. The van der Waals surface area contributed by atoms with Crippen molar-refractivity contribution in [3.63, 3.8) is 0 Å². The van der Waals surface area contributed by atoms with Crippen LogP contribution >= 0.6 is 22.7 Å². The van der Waals surface area contributed by atoms with E-state index in [2.05, 4.69) is 62.4 Å². The largest absolute Gasteiger partial charge is 0.135 e. The summed E-state index contributed by atoms with van der Waals surface area (Å²) in [6.45, 7) is 8.39. The van der Waals surface area contributed by atoms with Crippen LogP contribution in [0.15, 0.2) is 48.5 Å². The Hall–Kier alpha value is -1.90. The van der Waals surface area contributed by atoms with E-state index in [1.165, 1.54) is 51.5 Å². The second kappa shape index (κ2) is 6.44. The number of hydrogen-bond acceptors (Lipinski definition) is 2. The van der Waals surface area contributed by atoms with Crippen molar-refractivity contribution in [2.75, 3.05) is 0 Å². The number of benzene rings is 3. The maximum Gasteiger partial charge on any atom is 0.0362 e. The van der Waals surface area contributed by atoms with Crippen molar-refractivity contribution >= 4 is 63.0 Å². The molecule has 0 aliphatic rings. The summed E-state index contributed by atoms with van der Waals surface area (Å²) in [6, 6.07) is 18.5. The standard InChI is InChI=1S/C21H16S2.C2H6/c1-3-13-5-7-15-17-11-20-16(10-21(17)23-19(15)9-13)14-6-4-12(2)8-18(14)22-20;1-2/h4-11H,3H2,1-2H3;1-2H3. The molecule has 0 nitrogen and oxygen atoms in total. The summed E-state index contributed by atoms with van der Waals surface area (Å²) in [5.41, 5.74) is 2.76. The van der Waals surface area contributed by atoms with Crippen LogP contribution in [0.5, 0.6) is 0 Å². The molecule has 0 spiro atoms. The zero-order valence-corrected chi connectivity index (χ0v) is 16.8. The molecule has 2 heteroatoms. The van der Waals surface area contributed by atoms with Gasteiger partial charge in [0.25, 0.3) is 0 Å². The minimum Gasteiger partial charge on any atom is -0.135 e. The van der Waals surface area contributed by atoms with Crippen LogP contribution in [0.25, 0.3) is 40.3 Å². The van der Waals surface area contributed by atoms with Gasteiger partial charge in [-0.15, -0.1) is 22.7 Å². The third-order valence-corrected chi connectivity index (χ3v) is 6.92. The molecular formula is C23H22S2. The van der Waals surface area contributed by atoms with E-state index in [-0.39, 0.29) is 0 Å². The number of aryl methyl sites for hydroxylation is 2. The Labute approximate surface area is 156 Å². The number of rotatable bonds is 1. The quantitative estimate of drug-likeness (QED) is 0.281. The molecule has 0 radical (unpaired) electrons. The zero-order chi connectivity index (χ0) is 17.6. The first-order valence-electron chi connectivity index (χ1n) is 9.01. The van der Waals surface area contributed by atoms with Gasteiger partial charge >= 0.3 is 0 Å². The lowest BCUT2D eigenvalue weighted by molar-refractivity contribution is 1.15. The Morgan fingerprint density at radius 3 is 1.76 bits per heavy atom. The number of hydrogen-bond donors (Lipinski definition) is 0. The van der Waals surface area contributed by atoms with E-state index in [9.17, 15) is 0 Å². The third-order valence-electron chi connectivity index (χ3n) is 4.69. The Morgan fingerprint density at radius 2 is 1.16 bits per heavy atom. The molecule has 0 amide bonds. The molecule has 126 valence electrons. The van der Waals surface area contributed by atoms with Gasteiger partial charge in [-0.05, 0) is 48.7 Å². The minimum atomic E-state index is 1.10. The van der Waals surface area contributed by atoms with Crippen molar-refractivity contribution in [3.8, 4) is 0 Å². The van der Waals surface area contributed by atoms with Gasteiger partial charge in [-0.1, -0.05) is 45.0 Å². The molecule has 0 N–H and O–H groups in total. The number of thiophene rings is 2. The molecule has 2 heterocycles. The van der Waals surface area contributed by atoms with E-state index >= 15 is 0 Å². The highest BCUT2D eigenvalue weighted by Gasteiger charge is 2.11. The van der Waals surface area contributed by atoms with Gasteiger partial charge in [0, 0.05) is 40.3 Å². The van der Waals surface area contributed by atoms with E-state index in [4.69, 9.17) is 0 Å². The first-order chi connectivity index (χ1) is 12.2. The van der Waals surface area contributed by atoms with Gasteiger partial charge in [0.1, 0.15) is 0 Å². The molecule has 5 aromatic rings. The minimum absolute atomic E-state index is 1.10. The average molecular weight is 363 g/mol. The molecule has 0 aliphatic carbocycles. The summed E-state index contributed by atoms with van der Waals surface area (Å²) in [5.74, 6) is 0. The molecule has 0 aliphatic heterocycles. The van der Waals surface area contributed by atoms with E-state index < -0.39 is 0 Å². The second-order valence-corrected chi connectivity index (χ2v) is 8.40. The third kappa shape index (κ3) is 2.65. The van der Waals surface area contributed by atoms with Crippen LogP contribution in [0.1, 0.15) is 31.9 Å². The van der Waals surface area contributed by atoms with Crippen LogP contribution in [-0.4, -0.2) is 0 Å². The SMILES string of the molecule is CC.CCc1ccc2c(c1)sc1cc3c(cc12)sc1cc(C)ccc13. The molecule has 3 aromatic carbocycles. The summed E-state index contributed by atoms with van der Waals surface area (Å²) >= 11 is 3.84. The van der Waals surface area contributed by atoms with Gasteiger partial charge in [-0.2, -0.15) is 0 Å². The van der Waals surface area contributed by atoms with Gasteiger partial charge in [-0.3, -0.25) is 0 Å². The van der Waals surface area contributed by atoms with Crippen molar-refractivity contribution in [1.82, 2.24) is 0 Å². The molecule has 0 fully saturated rings. The molecule has 0 saturated carbocycles. The predicted octanol–water partition coefficient (Wildman–Crippen LogP) is 8.32. The van der Waals surface area contributed by atoms with Crippen LogP contribution < -0.4 is 0 Å². The van der Waals surface area contributed by atoms with Gasteiger partial charge in [0.05, 0.1) is 0 Å². The van der Waals surface area contributed by atoms with Gasteiger partial charge in [0.15, 0.2) is 0 Å². The lowest BCUT2D eigenvalue weighted by Crippen LogP contribution is -1.76. The Balaban J connectivity index is 0.000000758. The van der Waals surface area contributed by atoms with Crippen LogP contribution in [-0.2, 0) is 6.42 Å². The van der Waals surface area contributed by atoms with Gasteiger partial charge in [-0.25, -0.2) is 0 Å². The molecule has 5 rings (SSSR count). The van der Waals surface area contributed by atoms with E-state index in [0.29, 0.717) is 0 Å². The highest BCUT2D eigenvalue weighted by atomic mass is 32.1. The maximum absolute atomic E-state index is 2.40.